The summed E-state index contributed by atoms with van der Waals surface area (Å²) in [6, 6.07) is 0.662. The third-order valence-electron chi connectivity index (χ3n) is 6.50. The zero-order chi connectivity index (χ0) is 18.1. The van der Waals surface area contributed by atoms with E-state index in [4.69, 9.17) is 4.99 Å². The smallest absolute Gasteiger partial charge is 0.220 e. The van der Waals surface area contributed by atoms with Gasteiger partial charge < -0.3 is 16.0 Å². The van der Waals surface area contributed by atoms with E-state index in [1.165, 1.54) is 25.7 Å². The number of nitrogens with zero attached hydrogens (tertiary/aromatic N) is 1. The number of guanidine groups is 1. The highest BCUT2D eigenvalue weighted by molar-refractivity contribution is 7.91. The van der Waals surface area contributed by atoms with Crippen molar-refractivity contribution in [3.8, 4) is 0 Å². The molecule has 2 saturated carbocycles. The van der Waals surface area contributed by atoms with E-state index in [9.17, 15) is 13.2 Å². The third kappa shape index (κ3) is 4.32. The topological polar surface area (TPSA) is 99.7 Å². The van der Waals surface area contributed by atoms with Crippen LogP contribution < -0.4 is 16.0 Å². The molecule has 0 aromatic heterocycles. The molecule has 7 nitrogen and oxygen atoms in total. The molecule has 146 valence electrons. The second-order valence-electron chi connectivity index (χ2n) is 8.57. The maximum absolute atomic E-state index is 11.7. The minimum atomic E-state index is -2.86. The first kappa shape index (κ1) is 18.1. The van der Waals surface area contributed by atoms with Crippen molar-refractivity contribution in [1.82, 2.24) is 16.0 Å². The van der Waals surface area contributed by atoms with Crippen molar-refractivity contribution in [3.05, 3.63) is 0 Å². The Labute approximate surface area is 155 Å². The van der Waals surface area contributed by atoms with E-state index in [1.54, 1.807) is 0 Å². The molecule has 0 aromatic rings. The number of piperidine rings is 1. The Kier molecular flexibility index (Phi) is 5.12. The fourth-order valence-electron chi connectivity index (χ4n) is 5.02. The number of hydrogen-bond acceptors (Lipinski definition) is 4. The SMILES string of the molecule is O=C1CCC(NC(=NCC2CCS(=O)(=O)C2)NC2CC3CCC2C3)CN1. The van der Waals surface area contributed by atoms with Gasteiger partial charge in [0.1, 0.15) is 0 Å². The molecular weight excluding hydrogens is 352 g/mol. The van der Waals surface area contributed by atoms with Gasteiger partial charge in [-0.25, -0.2) is 8.42 Å². The summed E-state index contributed by atoms with van der Waals surface area (Å²) in [7, 11) is -2.86. The van der Waals surface area contributed by atoms with Gasteiger partial charge in [-0.05, 0) is 49.9 Å². The van der Waals surface area contributed by atoms with Gasteiger partial charge in [0, 0.05) is 31.6 Å². The standard InChI is InChI=1S/C18H30N4O3S/c23-17-4-3-15(10-19-17)21-18(20-9-13-5-6-26(24,25)11-13)22-16-8-12-1-2-14(16)7-12/h12-16H,1-11H2,(H,19,23)(H2,20,21,22). The molecular formula is C18H30N4O3S. The van der Waals surface area contributed by atoms with Gasteiger partial charge in [-0.2, -0.15) is 0 Å². The van der Waals surface area contributed by atoms with Crippen molar-refractivity contribution in [3.63, 3.8) is 0 Å². The molecule has 4 fully saturated rings. The number of hydrogen-bond donors (Lipinski definition) is 3. The van der Waals surface area contributed by atoms with Crippen molar-refractivity contribution in [2.45, 2.75) is 57.0 Å². The molecule has 26 heavy (non-hydrogen) atoms. The van der Waals surface area contributed by atoms with Gasteiger partial charge in [-0.1, -0.05) is 6.42 Å². The largest absolute Gasteiger partial charge is 0.354 e. The Balaban J connectivity index is 1.38. The van der Waals surface area contributed by atoms with Gasteiger partial charge in [-0.15, -0.1) is 0 Å². The second-order valence-corrected chi connectivity index (χ2v) is 10.8. The van der Waals surface area contributed by atoms with Gasteiger partial charge >= 0.3 is 0 Å². The van der Waals surface area contributed by atoms with Crippen LogP contribution in [-0.4, -0.2) is 57.0 Å². The molecule has 0 spiro atoms. The second kappa shape index (κ2) is 7.37. The molecule has 0 aromatic carbocycles. The lowest BCUT2D eigenvalue weighted by Crippen LogP contribution is -2.54. The number of amides is 1. The first-order valence-electron chi connectivity index (χ1n) is 10.0. The zero-order valence-electron chi connectivity index (χ0n) is 15.2. The van der Waals surface area contributed by atoms with Gasteiger partial charge in [0.25, 0.3) is 0 Å². The van der Waals surface area contributed by atoms with Crippen LogP contribution in [0.15, 0.2) is 4.99 Å². The van der Waals surface area contributed by atoms with E-state index < -0.39 is 9.84 Å². The first-order valence-corrected chi connectivity index (χ1v) is 11.8. The number of rotatable bonds is 4. The lowest BCUT2D eigenvalue weighted by molar-refractivity contribution is -0.122. The zero-order valence-corrected chi connectivity index (χ0v) is 16.1. The number of aliphatic imine (C=N–C) groups is 1. The number of nitrogens with one attached hydrogen (secondary N) is 3. The number of sulfone groups is 1. The Morgan fingerprint density at radius 3 is 2.65 bits per heavy atom. The number of fused-ring (bicyclic) bond motifs is 2. The number of carbonyl (C=O) groups is 1. The molecule has 2 aliphatic carbocycles. The van der Waals surface area contributed by atoms with Crippen LogP contribution in [0.3, 0.4) is 0 Å². The van der Waals surface area contributed by atoms with Crippen LogP contribution in [0.25, 0.3) is 0 Å². The monoisotopic (exact) mass is 382 g/mol. The summed E-state index contributed by atoms with van der Waals surface area (Å²) in [6.07, 6.45) is 7.26. The summed E-state index contributed by atoms with van der Waals surface area (Å²) < 4.78 is 23.4. The van der Waals surface area contributed by atoms with Crippen molar-refractivity contribution in [1.29, 1.82) is 0 Å². The normalized spacial score (nSPS) is 39.0. The van der Waals surface area contributed by atoms with Crippen LogP contribution in [0.1, 0.15) is 44.9 Å². The van der Waals surface area contributed by atoms with Gasteiger partial charge in [0.05, 0.1) is 11.5 Å². The summed E-state index contributed by atoms with van der Waals surface area (Å²) in [5, 5.41) is 10.0. The van der Waals surface area contributed by atoms with Crippen LogP contribution in [-0.2, 0) is 14.6 Å². The molecule has 5 unspecified atom stereocenters. The Hall–Kier alpha value is -1.31. The summed E-state index contributed by atoms with van der Waals surface area (Å²) in [5.41, 5.74) is 0. The van der Waals surface area contributed by atoms with E-state index >= 15 is 0 Å². The summed E-state index contributed by atoms with van der Waals surface area (Å²) in [5.74, 6) is 3.19. The number of carbonyl (C=O) groups excluding carboxylic acids is 1. The molecule has 2 saturated heterocycles. The highest BCUT2D eigenvalue weighted by Gasteiger charge is 2.40. The Morgan fingerprint density at radius 2 is 2.04 bits per heavy atom. The first-order chi connectivity index (χ1) is 12.5. The molecule has 2 aliphatic heterocycles. The van der Waals surface area contributed by atoms with E-state index in [1.807, 2.05) is 0 Å². The summed E-state index contributed by atoms with van der Waals surface area (Å²) in [4.78, 5) is 16.1. The van der Waals surface area contributed by atoms with Gasteiger partial charge in [-0.3, -0.25) is 9.79 Å². The predicted molar refractivity (Wildman–Crippen MR) is 101 cm³/mol. The third-order valence-corrected chi connectivity index (χ3v) is 8.34. The minimum Gasteiger partial charge on any atom is -0.354 e. The van der Waals surface area contributed by atoms with E-state index in [0.717, 1.165) is 24.2 Å². The molecule has 8 heteroatoms. The maximum Gasteiger partial charge on any atom is 0.220 e. The quantitative estimate of drug-likeness (QED) is 0.483. The van der Waals surface area contributed by atoms with Gasteiger partial charge in [0.15, 0.2) is 15.8 Å². The van der Waals surface area contributed by atoms with Gasteiger partial charge in [0.2, 0.25) is 5.91 Å². The van der Waals surface area contributed by atoms with Crippen LogP contribution in [0.4, 0.5) is 0 Å². The Morgan fingerprint density at radius 1 is 1.15 bits per heavy atom. The minimum absolute atomic E-state index is 0.110. The molecule has 4 rings (SSSR count). The van der Waals surface area contributed by atoms with Crippen molar-refractivity contribution in [2.24, 2.45) is 22.7 Å². The van der Waals surface area contributed by atoms with Crippen molar-refractivity contribution >= 4 is 21.7 Å². The average molecular weight is 383 g/mol. The lowest BCUT2D eigenvalue weighted by Gasteiger charge is -2.29. The fraction of sp³-hybridized carbons (Fsp3) is 0.889. The fourth-order valence-corrected chi connectivity index (χ4v) is 6.87. The molecule has 5 atom stereocenters. The van der Waals surface area contributed by atoms with E-state index in [0.29, 0.717) is 37.7 Å². The molecule has 2 bridgehead atoms. The summed E-state index contributed by atoms with van der Waals surface area (Å²) >= 11 is 0. The van der Waals surface area contributed by atoms with Crippen LogP contribution in [0.5, 0.6) is 0 Å². The van der Waals surface area contributed by atoms with Crippen molar-refractivity contribution in [2.75, 3.05) is 24.6 Å². The molecule has 2 heterocycles. The maximum atomic E-state index is 11.7. The highest BCUT2D eigenvalue weighted by atomic mass is 32.2. The van der Waals surface area contributed by atoms with Crippen LogP contribution in [0.2, 0.25) is 0 Å². The molecule has 3 N–H and O–H groups in total. The molecule has 1 amide bonds. The molecule has 0 radical (unpaired) electrons. The van der Waals surface area contributed by atoms with Crippen molar-refractivity contribution < 1.29 is 13.2 Å². The molecule has 4 aliphatic rings. The van der Waals surface area contributed by atoms with E-state index in [2.05, 4.69) is 16.0 Å². The highest BCUT2D eigenvalue weighted by Crippen LogP contribution is 2.44. The average Bonchev–Trinajstić information content (AvgIpc) is 3.30. The Bertz CT molecular complexity index is 668. The van der Waals surface area contributed by atoms with Crippen LogP contribution in [0, 0.1) is 17.8 Å². The van der Waals surface area contributed by atoms with E-state index in [-0.39, 0.29) is 23.6 Å². The predicted octanol–water partition coefficient (Wildman–Crippen LogP) is 0.424. The van der Waals surface area contributed by atoms with Crippen LogP contribution >= 0.6 is 0 Å². The summed E-state index contributed by atoms with van der Waals surface area (Å²) in [6.45, 7) is 1.17. The lowest BCUT2D eigenvalue weighted by atomic mass is 9.95.